The number of aryl methyl sites for hydroxylation is 2. The fourth-order valence-electron chi connectivity index (χ4n) is 2.04. The lowest BCUT2D eigenvalue weighted by molar-refractivity contribution is 0.340. The standard InChI is InChI=1S/C16H22N4/c1-13-11-18-14(2)16(19-13)17-9-10-20(3)12-15-7-5-4-6-8-15/h4-8,11H,9-10,12H2,1-3H3,(H,17,19). The van der Waals surface area contributed by atoms with Crippen LogP contribution in [0.4, 0.5) is 5.82 Å². The second kappa shape index (κ2) is 7.01. The lowest BCUT2D eigenvalue weighted by Crippen LogP contribution is -2.25. The molecular formula is C16H22N4. The van der Waals surface area contributed by atoms with Gasteiger partial charge in [0.25, 0.3) is 0 Å². The summed E-state index contributed by atoms with van der Waals surface area (Å²) in [6.45, 7) is 6.72. The van der Waals surface area contributed by atoms with Crippen LogP contribution < -0.4 is 5.32 Å². The molecule has 0 aliphatic rings. The summed E-state index contributed by atoms with van der Waals surface area (Å²) in [6, 6.07) is 10.5. The van der Waals surface area contributed by atoms with Crippen molar-refractivity contribution in [2.75, 3.05) is 25.5 Å². The molecule has 0 fully saturated rings. The molecule has 0 bridgehead atoms. The maximum atomic E-state index is 4.46. The van der Waals surface area contributed by atoms with Crippen molar-refractivity contribution >= 4 is 5.82 Å². The van der Waals surface area contributed by atoms with Gasteiger partial charge in [0.1, 0.15) is 5.82 Å². The summed E-state index contributed by atoms with van der Waals surface area (Å²) in [5, 5.41) is 3.36. The van der Waals surface area contributed by atoms with E-state index in [0.29, 0.717) is 0 Å². The van der Waals surface area contributed by atoms with Crippen LogP contribution in [-0.2, 0) is 6.54 Å². The number of aromatic nitrogens is 2. The van der Waals surface area contributed by atoms with E-state index in [1.54, 1.807) is 6.20 Å². The largest absolute Gasteiger partial charge is 0.367 e. The molecule has 0 aliphatic heterocycles. The molecule has 20 heavy (non-hydrogen) atoms. The second-order valence-corrected chi connectivity index (χ2v) is 5.10. The summed E-state index contributed by atoms with van der Waals surface area (Å²) in [7, 11) is 2.13. The molecule has 1 N–H and O–H groups in total. The molecule has 0 amide bonds. The first-order valence-electron chi connectivity index (χ1n) is 6.92. The molecule has 0 aliphatic carbocycles. The van der Waals surface area contributed by atoms with Gasteiger partial charge in [0, 0.05) is 25.8 Å². The zero-order valence-electron chi connectivity index (χ0n) is 12.4. The monoisotopic (exact) mass is 270 g/mol. The van der Waals surface area contributed by atoms with Crippen molar-refractivity contribution in [3.8, 4) is 0 Å². The summed E-state index contributed by atoms with van der Waals surface area (Å²) in [5.41, 5.74) is 3.22. The van der Waals surface area contributed by atoms with Crippen molar-refractivity contribution in [2.24, 2.45) is 0 Å². The van der Waals surface area contributed by atoms with Crippen molar-refractivity contribution in [3.63, 3.8) is 0 Å². The first-order valence-corrected chi connectivity index (χ1v) is 6.92. The molecular weight excluding hydrogens is 248 g/mol. The first kappa shape index (κ1) is 14.5. The summed E-state index contributed by atoms with van der Waals surface area (Å²) in [5.74, 6) is 0.887. The topological polar surface area (TPSA) is 41.1 Å². The predicted molar refractivity (Wildman–Crippen MR) is 82.8 cm³/mol. The molecule has 4 heteroatoms. The third-order valence-electron chi connectivity index (χ3n) is 3.16. The van der Waals surface area contributed by atoms with Crippen molar-refractivity contribution in [1.29, 1.82) is 0 Å². The van der Waals surface area contributed by atoms with Gasteiger partial charge in [0.15, 0.2) is 0 Å². The van der Waals surface area contributed by atoms with Crippen molar-refractivity contribution in [3.05, 3.63) is 53.5 Å². The van der Waals surface area contributed by atoms with E-state index in [-0.39, 0.29) is 0 Å². The Labute approximate surface area is 120 Å². The molecule has 0 saturated carbocycles. The first-order chi connectivity index (χ1) is 9.65. The molecule has 0 unspecified atom stereocenters. The van der Waals surface area contributed by atoms with Crippen molar-refractivity contribution in [2.45, 2.75) is 20.4 Å². The van der Waals surface area contributed by atoms with Gasteiger partial charge in [-0.3, -0.25) is 4.98 Å². The Bertz CT molecular complexity index is 539. The maximum Gasteiger partial charge on any atom is 0.147 e. The van der Waals surface area contributed by atoms with Gasteiger partial charge < -0.3 is 10.2 Å². The van der Waals surface area contributed by atoms with E-state index in [1.807, 2.05) is 19.9 Å². The highest BCUT2D eigenvalue weighted by atomic mass is 15.1. The number of hydrogen-bond donors (Lipinski definition) is 1. The SMILES string of the molecule is Cc1cnc(C)c(NCCN(C)Cc2ccccc2)n1. The fraction of sp³-hybridized carbons (Fsp3) is 0.375. The second-order valence-electron chi connectivity index (χ2n) is 5.10. The fourth-order valence-corrected chi connectivity index (χ4v) is 2.04. The molecule has 4 nitrogen and oxygen atoms in total. The highest BCUT2D eigenvalue weighted by Crippen LogP contribution is 2.08. The minimum atomic E-state index is 0.863. The summed E-state index contributed by atoms with van der Waals surface area (Å²) in [4.78, 5) is 11.1. The molecule has 106 valence electrons. The number of likely N-dealkylation sites (N-methyl/N-ethyl adjacent to an activating group) is 1. The van der Waals surface area contributed by atoms with Crippen LogP contribution in [0.25, 0.3) is 0 Å². The van der Waals surface area contributed by atoms with Gasteiger partial charge >= 0.3 is 0 Å². The number of nitrogens with zero attached hydrogens (tertiary/aromatic N) is 3. The number of anilines is 1. The zero-order chi connectivity index (χ0) is 14.4. The van der Waals surface area contributed by atoms with Gasteiger partial charge in [0.2, 0.25) is 0 Å². The van der Waals surface area contributed by atoms with Crippen LogP contribution in [0.3, 0.4) is 0 Å². The Morgan fingerprint density at radius 2 is 1.90 bits per heavy atom. The number of rotatable bonds is 6. The van der Waals surface area contributed by atoms with Gasteiger partial charge in [-0.25, -0.2) is 4.98 Å². The van der Waals surface area contributed by atoms with E-state index >= 15 is 0 Å². The minimum absolute atomic E-state index is 0.863. The zero-order valence-corrected chi connectivity index (χ0v) is 12.4. The Morgan fingerprint density at radius 1 is 1.15 bits per heavy atom. The van der Waals surface area contributed by atoms with Gasteiger partial charge in [-0.1, -0.05) is 30.3 Å². The van der Waals surface area contributed by atoms with Crippen LogP contribution in [0.5, 0.6) is 0 Å². The summed E-state index contributed by atoms with van der Waals surface area (Å²) in [6.07, 6.45) is 1.79. The van der Waals surface area contributed by atoms with Crippen LogP contribution in [0.15, 0.2) is 36.5 Å². The third kappa shape index (κ3) is 4.31. The highest BCUT2D eigenvalue weighted by Gasteiger charge is 2.03. The maximum absolute atomic E-state index is 4.46. The molecule has 0 saturated heterocycles. The van der Waals surface area contributed by atoms with E-state index in [2.05, 4.69) is 51.5 Å². The minimum Gasteiger partial charge on any atom is -0.367 e. The van der Waals surface area contributed by atoms with Crippen LogP contribution in [0.1, 0.15) is 17.0 Å². The van der Waals surface area contributed by atoms with E-state index in [1.165, 1.54) is 5.56 Å². The predicted octanol–water partition coefficient (Wildman–Crippen LogP) is 2.64. The Kier molecular flexibility index (Phi) is 5.07. The Hall–Kier alpha value is -1.94. The van der Waals surface area contributed by atoms with E-state index in [9.17, 15) is 0 Å². The van der Waals surface area contributed by atoms with Crippen LogP contribution in [0.2, 0.25) is 0 Å². The van der Waals surface area contributed by atoms with Crippen LogP contribution in [0, 0.1) is 13.8 Å². The molecule has 0 spiro atoms. The molecule has 2 rings (SSSR count). The van der Waals surface area contributed by atoms with E-state index in [0.717, 1.165) is 36.8 Å². The Morgan fingerprint density at radius 3 is 2.65 bits per heavy atom. The molecule has 0 atom stereocenters. The number of hydrogen-bond acceptors (Lipinski definition) is 4. The van der Waals surface area contributed by atoms with Gasteiger partial charge in [0.05, 0.1) is 11.4 Å². The highest BCUT2D eigenvalue weighted by molar-refractivity contribution is 5.39. The average Bonchev–Trinajstić information content (AvgIpc) is 2.44. The van der Waals surface area contributed by atoms with E-state index in [4.69, 9.17) is 0 Å². The van der Waals surface area contributed by atoms with Gasteiger partial charge in [-0.2, -0.15) is 0 Å². The molecule has 1 aromatic heterocycles. The quantitative estimate of drug-likeness (QED) is 0.876. The van der Waals surface area contributed by atoms with Crippen LogP contribution >= 0.6 is 0 Å². The Balaban J connectivity index is 1.79. The average molecular weight is 270 g/mol. The lowest BCUT2D eigenvalue weighted by Gasteiger charge is -2.17. The lowest BCUT2D eigenvalue weighted by atomic mass is 10.2. The number of benzene rings is 1. The molecule has 1 heterocycles. The van der Waals surface area contributed by atoms with Gasteiger partial charge in [-0.15, -0.1) is 0 Å². The third-order valence-corrected chi connectivity index (χ3v) is 3.16. The van der Waals surface area contributed by atoms with Crippen molar-refractivity contribution in [1.82, 2.24) is 14.9 Å². The smallest absolute Gasteiger partial charge is 0.147 e. The van der Waals surface area contributed by atoms with Crippen molar-refractivity contribution < 1.29 is 0 Å². The summed E-state index contributed by atoms with van der Waals surface area (Å²) >= 11 is 0. The summed E-state index contributed by atoms with van der Waals surface area (Å²) < 4.78 is 0. The molecule has 1 aromatic carbocycles. The molecule has 2 aromatic rings. The normalized spacial score (nSPS) is 10.8. The number of nitrogens with one attached hydrogen (secondary N) is 1. The van der Waals surface area contributed by atoms with Crippen LogP contribution in [-0.4, -0.2) is 35.0 Å². The molecule has 0 radical (unpaired) electrons. The van der Waals surface area contributed by atoms with Gasteiger partial charge in [-0.05, 0) is 26.5 Å². The van der Waals surface area contributed by atoms with E-state index < -0.39 is 0 Å².